The van der Waals surface area contributed by atoms with Crippen molar-refractivity contribution in [3.63, 3.8) is 0 Å². The molecule has 0 amide bonds. The third-order valence-electron chi connectivity index (χ3n) is 6.17. The molecule has 0 fully saturated rings. The largest absolute Gasteiger partial charge is 0.384 e. The van der Waals surface area contributed by atoms with Crippen LogP contribution in [0.2, 0.25) is 0 Å². The number of carbonyl (C=O) groups is 2. The number of rotatable bonds is 7. The summed E-state index contributed by atoms with van der Waals surface area (Å²) in [7, 11) is 0. The van der Waals surface area contributed by atoms with Crippen molar-refractivity contribution in [3.8, 4) is 0 Å². The Morgan fingerprint density at radius 3 is 1.74 bits per heavy atom. The number of unbranched alkanes of at least 4 members (excludes halogenated alkanes) is 1. The normalized spacial score (nSPS) is 12.1. The number of anilines is 4. The summed E-state index contributed by atoms with van der Waals surface area (Å²) in [4.78, 5) is 29.7. The van der Waals surface area contributed by atoms with Crippen molar-refractivity contribution in [2.45, 2.75) is 19.8 Å². The minimum absolute atomic E-state index is 0.118. The van der Waals surface area contributed by atoms with Gasteiger partial charge in [-0.2, -0.15) is 0 Å². The van der Waals surface area contributed by atoms with Gasteiger partial charge in [0.25, 0.3) is 0 Å². The van der Waals surface area contributed by atoms with E-state index >= 15 is 0 Å². The first-order valence-electron chi connectivity index (χ1n) is 11.7. The van der Waals surface area contributed by atoms with Crippen molar-refractivity contribution in [1.29, 1.82) is 0 Å². The fourth-order valence-electron chi connectivity index (χ4n) is 4.52. The van der Waals surface area contributed by atoms with Gasteiger partial charge in [-0.1, -0.05) is 74.0 Å². The molecule has 0 aliphatic heterocycles. The summed E-state index contributed by atoms with van der Waals surface area (Å²) in [6, 6.07) is 30.9. The molecule has 4 heteroatoms. The van der Waals surface area contributed by atoms with E-state index in [1.807, 2.05) is 89.8 Å². The molecule has 0 heterocycles. The van der Waals surface area contributed by atoms with Crippen LogP contribution in [0.4, 0.5) is 22.7 Å². The van der Waals surface area contributed by atoms with Gasteiger partial charge in [-0.3, -0.25) is 9.59 Å². The van der Waals surface area contributed by atoms with Crippen molar-refractivity contribution in [2.75, 3.05) is 16.8 Å². The highest BCUT2D eigenvalue weighted by Crippen LogP contribution is 2.43. The van der Waals surface area contributed by atoms with Gasteiger partial charge in [-0.15, -0.1) is 0 Å². The standard InChI is InChI=1S/C30H26N2O2/c1-2-3-20-31-25-18-19-26(28-27(25)29(33)23-16-10-11-17-24(23)30(28)34)32(21-12-6-4-7-13-21)22-14-8-5-9-15-22/h4-19,31H,2-3,20H2,1H3. The van der Waals surface area contributed by atoms with Gasteiger partial charge in [0.05, 0.1) is 16.8 Å². The van der Waals surface area contributed by atoms with Gasteiger partial charge in [-0.25, -0.2) is 0 Å². The van der Waals surface area contributed by atoms with Gasteiger partial charge in [0.1, 0.15) is 0 Å². The number of fused-ring (bicyclic) bond motifs is 2. The number of nitrogens with zero attached hydrogens (tertiary/aromatic N) is 1. The molecule has 0 saturated carbocycles. The average molecular weight is 447 g/mol. The zero-order chi connectivity index (χ0) is 23.5. The second-order valence-corrected chi connectivity index (χ2v) is 8.37. The number of hydrogen-bond acceptors (Lipinski definition) is 4. The van der Waals surface area contributed by atoms with Crippen LogP contribution in [-0.4, -0.2) is 18.1 Å². The predicted octanol–water partition coefficient (Wildman–Crippen LogP) is 7.14. The lowest BCUT2D eigenvalue weighted by Gasteiger charge is -2.31. The molecule has 1 aliphatic carbocycles. The Morgan fingerprint density at radius 1 is 0.647 bits per heavy atom. The Bertz CT molecular complexity index is 1310. The SMILES string of the molecule is CCCCNc1ccc(N(c2ccccc2)c2ccccc2)c2c1C(=O)c1ccccc1C2=O. The molecule has 1 N–H and O–H groups in total. The van der Waals surface area contributed by atoms with Crippen molar-refractivity contribution in [1.82, 2.24) is 0 Å². The van der Waals surface area contributed by atoms with E-state index in [1.165, 1.54) is 0 Å². The highest BCUT2D eigenvalue weighted by Gasteiger charge is 2.35. The van der Waals surface area contributed by atoms with Gasteiger partial charge in [0.15, 0.2) is 11.6 Å². The van der Waals surface area contributed by atoms with E-state index < -0.39 is 0 Å². The first-order valence-corrected chi connectivity index (χ1v) is 11.7. The molecule has 4 aromatic carbocycles. The maximum absolute atomic E-state index is 13.9. The van der Waals surface area contributed by atoms with Crippen LogP contribution in [0.15, 0.2) is 97.1 Å². The van der Waals surface area contributed by atoms with Crippen LogP contribution in [0.3, 0.4) is 0 Å². The lowest BCUT2D eigenvalue weighted by molar-refractivity contribution is 0.0980. The van der Waals surface area contributed by atoms with E-state index in [1.54, 1.807) is 12.1 Å². The summed E-state index contributed by atoms with van der Waals surface area (Å²) < 4.78 is 0. The summed E-state index contributed by atoms with van der Waals surface area (Å²) in [6.07, 6.45) is 2.02. The zero-order valence-corrected chi connectivity index (χ0v) is 19.1. The Kier molecular flexibility index (Phi) is 5.96. The molecule has 0 spiro atoms. The summed E-state index contributed by atoms with van der Waals surface area (Å²) in [6.45, 7) is 2.87. The van der Waals surface area contributed by atoms with Crippen LogP contribution in [0, 0.1) is 0 Å². The van der Waals surface area contributed by atoms with Crippen molar-refractivity contribution in [3.05, 3.63) is 119 Å². The van der Waals surface area contributed by atoms with Crippen molar-refractivity contribution in [2.24, 2.45) is 0 Å². The Morgan fingerprint density at radius 2 is 1.18 bits per heavy atom. The molecule has 0 radical (unpaired) electrons. The first-order chi connectivity index (χ1) is 16.7. The Labute approximate surface area is 199 Å². The minimum Gasteiger partial charge on any atom is -0.384 e. The van der Waals surface area contributed by atoms with E-state index in [0.29, 0.717) is 33.6 Å². The van der Waals surface area contributed by atoms with E-state index in [9.17, 15) is 9.59 Å². The lowest BCUT2D eigenvalue weighted by atomic mass is 9.82. The predicted molar refractivity (Wildman–Crippen MR) is 138 cm³/mol. The summed E-state index contributed by atoms with van der Waals surface area (Å²) >= 11 is 0. The van der Waals surface area contributed by atoms with Crippen LogP contribution in [0.25, 0.3) is 0 Å². The second kappa shape index (κ2) is 9.36. The molecular weight excluding hydrogens is 420 g/mol. The molecule has 5 rings (SSSR count). The average Bonchev–Trinajstić information content (AvgIpc) is 2.89. The molecule has 168 valence electrons. The highest BCUT2D eigenvalue weighted by atomic mass is 16.1. The molecule has 0 saturated heterocycles. The monoisotopic (exact) mass is 446 g/mol. The second-order valence-electron chi connectivity index (χ2n) is 8.37. The Hall–Kier alpha value is -4.18. The number of hydrogen-bond donors (Lipinski definition) is 1. The van der Waals surface area contributed by atoms with Crippen molar-refractivity contribution >= 4 is 34.3 Å². The minimum atomic E-state index is -0.129. The zero-order valence-electron chi connectivity index (χ0n) is 19.1. The Balaban J connectivity index is 1.76. The van der Waals surface area contributed by atoms with Crippen molar-refractivity contribution < 1.29 is 9.59 Å². The number of benzene rings is 4. The van der Waals surface area contributed by atoms with Gasteiger partial charge in [0.2, 0.25) is 0 Å². The molecule has 34 heavy (non-hydrogen) atoms. The molecule has 1 aliphatic rings. The highest BCUT2D eigenvalue weighted by molar-refractivity contribution is 6.32. The van der Waals surface area contributed by atoms with Crippen LogP contribution >= 0.6 is 0 Å². The molecule has 4 aromatic rings. The van der Waals surface area contributed by atoms with E-state index in [0.717, 1.165) is 30.8 Å². The quantitative estimate of drug-likeness (QED) is 0.270. The van der Waals surface area contributed by atoms with Gasteiger partial charge in [0, 0.05) is 34.7 Å². The fraction of sp³-hybridized carbons (Fsp3) is 0.133. The summed E-state index contributed by atoms with van der Waals surface area (Å²) in [5.74, 6) is -0.247. The number of carbonyl (C=O) groups excluding carboxylic acids is 2. The molecule has 0 bridgehead atoms. The number of ketones is 2. The summed E-state index contributed by atoms with van der Waals surface area (Å²) in [5, 5.41) is 3.41. The fourth-order valence-corrected chi connectivity index (χ4v) is 4.52. The molecule has 4 nitrogen and oxygen atoms in total. The smallest absolute Gasteiger partial charge is 0.196 e. The molecule has 0 aromatic heterocycles. The molecule has 0 unspecified atom stereocenters. The van der Waals surface area contributed by atoms with Gasteiger partial charge in [-0.05, 0) is 42.8 Å². The topological polar surface area (TPSA) is 49.4 Å². The van der Waals surface area contributed by atoms with Crippen LogP contribution in [0.1, 0.15) is 51.6 Å². The van der Waals surface area contributed by atoms with Crippen LogP contribution in [-0.2, 0) is 0 Å². The van der Waals surface area contributed by atoms with E-state index in [2.05, 4.69) is 12.2 Å². The van der Waals surface area contributed by atoms with E-state index in [-0.39, 0.29) is 11.6 Å². The third kappa shape index (κ3) is 3.77. The molecular formula is C30H26N2O2. The van der Waals surface area contributed by atoms with Crippen LogP contribution in [0.5, 0.6) is 0 Å². The maximum Gasteiger partial charge on any atom is 0.196 e. The van der Waals surface area contributed by atoms with Gasteiger partial charge < -0.3 is 10.2 Å². The number of para-hydroxylation sites is 2. The van der Waals surface area contributed by atoms with Gasteiger partial charge >= 0.3 is 0 Å². The van der Waals surface area contributed by atoms with E-state index in [4.69, 9.17) is 0 Å². The summed E-state index contributed by atoms with van der Waals surface area (Å²) in [5.41, 5.74) is 5.05. The first kappa shape index (κ1) is 21.7. The number of nitrogens with one attached hydrogen (secondary N) is 1. The lowest BCUT2D eigenvalue weighted by Crippen LogP contribution is -2.26. The molecule has 0 atom stereocenters. The third-order valence-corrected chi connectivity index (χ3v) is 6.17. The maximum atomic E-state index is 13.9. The van der Waals surface area contributed by atoms with Crippen LogP contribution < -0.4 is 10.2 Å².